The van der Waals surface area contributed by atoms with E-state index in [-0.39, 0.29) is 17.3 Å². The smallest absolute Gasteiger partial charge is 0.242 e. The Kier molecular flexibility index (Phi) is 5.21. The first-order valence-electron chi connectivity index (χ1n) is 6.38. The molecule has 1 rings (SSSR count). The standard InChI is InChI=1S/C15H22ClNO/c1-5-15(3,4)17(14(18)11-16)13-8-6-7-12(2)9-10-13/h6-10,12H,5,11H2,1-4H3. The Morgan fingerprint density at radius 2 is 2.11 bits per heavy atom. The third kappa shape index (κ3) is 3.49. The molecule has 100 valence electrons. The lowest BCUT2D eigenvalue weighted by atomic mass is 9.98. The van der Waals surface area contributed by atoms with Crippen LogP contribution in [0.3, 0.4) is 0 Å². The minimum absolute atomic E-state index is 0.00782. The highest BCUT2D eigenvalue weighted by atomic mass is 35.5. The van der Waals surface area contributed by atoms with Crippen LogP contribution >= 0.6 is 11.6 Å². The van der Waals surface area contributed by atoms with Gasteiger partial charge >= 0.3 is 0 Å². The number of halogens is 1. The molecule has 2 nitrogen and oxygen atoms in total. The summed E-state index contributed by atoms with van der Waals surface area (Å²) in [4.78, 5) is 13.9. The molecule has 0 aromatic carbocycles. The van der Waals surface area contributed by atoms with E-state index < -0.39 is 0 Å². The van der Waals surface area contributed by atoms with Gasteiger partial charge in [0.15, 0.2) is 0 Å². The van der Waals surface area contributed by atoms with E-state index in [4.69, 9.17) is 11.6 Å². The van der Waals surface area contributed by atoms with Crippen molar-refractivity contribution in [3.05, 3.63) is 36.1 Å². The number of carbonyl (C=O) groups is 1. The molecule has 18 heavy (non-hydrogen) atoms. The van der Waals surface area contributed by atoms with Crippen LogP contribution in [0.25, 0.3) is 0 Å². The van der Waals surface area contributed by atoms with Gasteiger partial charge in [0.05, 0.1) is 0 Å². The number of alkyl halides is 1. The Hall–Kier alpha value is -1.02. The number of carbonyl (C=O) groups excluding carboxylic acids is 1. The van der Waals surface area contributed by atoms with Gasteiger partial charge in [-0.1, -0.05) is 32.1 Å². The predicted octanol–water partition coefficient (Wildman–Crippen LogP) is 3.89. The third-order valence-electron chi connectivity index (χ3n) is 3.34. The SMILES string of the molecule is CCC(C)(C)N(C(=O)CCl)C1=CC=CC(C)C=C1. The fraction of sp³-hybridized carbons (Fsp3) is 0.533. The van der Waals surface area contributed by atoms with E-state index >= 15 is 0 Å². The Balaban J connectivity index is 3.12. The molecule has 0 saturated carbocycles. The quantitative estimate of drug-likeness (QED) is 0.708. The van der Waals surface area contributed by atoms with Gasteiger partial charge < -0.3 is 4.90 Å². The van der Waals surface area contributed by atoms with E-state index in [1.54, 1.807) is 4.90 Å². The largest absolute Gasteiger partial charge is 0.306 e. The van der Waals surface area contributed by atoms with Crippen LogP contribution < -0.4 is 0 Å². The van der Waals surface area contributed by atoms with Gasteiger partial charge in [-0.2, -0.15) is 0 Å². The number of amides is 1. The molecule has 3 heteroatoms. The minimum atomic E-state index is -0.233. The Labute approximate surface area is 115 Å². The van der Waals surface area contributed by atoms with Gasteiger partial charge in [0.1, 0.15) is 5.88 Å². The van der Waals surface area contributed by atoms with E-state index in [9.17, 15) is 4.79 Å². The second-order valence-electron chi connectivity index (χ2n) is 5.22. The molecule has 0 heterocycles. The summed E-state index contributed by atoms with van der Waals surface area (Å²) < 4.78 is 0. The van der Waals surface area contributed by atoms with E-state index in [1.807, 2.05) is 18.2 Å². The maximum Gasteiger partial charge on any atom is 0.242 e. The molecule has 1 atom stereocenters. The number of rotatable bonds is 4. The van der Waals surface area contributed by atoms with Gasteiger partial charge in [0.25, 0.3) is 0 Å². The van der Waals surface area contributed by atoms with Crippen molar-refractivity contribution in [1.29, 1.82) is 0 Å². The summed E-state index contributed by atoms with van der Waals surface area (Å²) in [6, 6.07) is 0. The van der Waals surface area contributed by atoms with E-state index in [0.717, 1.165) is 12.1 Å². The zero-order valence-corrected chi connectivity index (χ0v) is 12.4. The maximum atomic E-state index is 12.1. The molecule has 1 amide bonds. The molecule has 1 aliphatic rings. The van der Waals surface area contributed by atoms with Gasteiger partial charge in [-0.05, 0) is 38.3 Å². The summed E-state index contributed by atoms with van der Waals surface area (Å²) in [7, 11) is 0. The van der Waals surface area contributed by atoms with Crippen LogP contribution in [0.5, 0.6) is 0 Å². The Morgan fingerprint density at radius 3 is 2.67 bits per heavy atom. The van der Waals surface area contributed by atoms with Crippen LogP contribution in [0.1, 0.15) is 34.1 Å². The first kappa shape index (κ1) is 15.0. The lowest BCUT2D eigenvalue weighted by Crippen LogP contribution is -2.46. The van der Waals surface area contributed by atoms with Gasteiger partial charge in [-0.15, -0.1) is 11.6 Å². The number of nitrogens with zero attached hydrogens (tertiary/aromatic N) is 1. The number of hydrogen-bond acceptors (Lipinski definition) is 1. The summed E-state index contributed by atoms with van der Waals surface area (Å²) in [6.45, 7) is 8.31. The molecule has 1 unspecified atom stereocenters. The molecular weight excluding hydrogens is 246 g/mol. The molecule has 0 aliphatic heterocycles. The highest BCUT2D eigenvalue weighted by molar-refractivity contribution is 6.27. The van der Waals surface area contributed by atoms with Crippen molar-refractivity contribution in [1.82, 2.24) is 4.90 Å². The Morgan fingerprint density at radius 1 is 1.44 bits per heavy atom. The van der Waals surface area contributed by atoms with E-state index in [0.29, 0.717) is 5.92 Å². The van der Waals surface area contributed by atoms with E-state index in [1.165, 1.54) is 0 Å². The molecule has 0 N–H and O–H groups in total. The maximum absolute atomic E-state index is 12.1. The van der Waals surface area contributed by atoms with Crippen molar-refractivity contribution in [3.63, 3.8) is 0 Å². The summed E-state index contributed by atoms with van der Waals surface area (Å²) >= 11 is 5.74. The molecule has 0 fully saturated rings. The van der Waals surface area contributed by atoms with Crippen LogP contribution in [0.2, 0.25) is 0 Å². The van der Waals surface area contributed by atoms with Gasteiger partial charge in [-0.25, -0.2) is 0 Å². The molecule has 0 bridgehead atoms. The fourth-order valence-corrected chi connectivity index (χ4v) is 2.02. The van der Waals surface area contributed by atoms with Crippen molar-refractivity contribution >= 4 is 17.5 Å². The first-order chi connectivity index (χ1) is 8.42. The molecule has 1 aliphatic carbocycles. The van der Waals surface area contributed by atoms with Gasteiger partial charge in [0.2, 0.25) is 5.91 Å². The molecule has 0 aromatic rings. The number of allylic oxidation sites excluding steroid dienone is 5. The topological polar surface area (TPSA) is 20.3 Å². The van der Waals surface area contributed by atoms with Gasteiger partial charge in [0, 0.05) is 11.2 Å². The van der Waals surface area contributed by atoms with Crippen LogP contribution in [-0.2, 0) is 4.79 Å². The van der Waals surface area contributed by atoms with E-state index in [2.05, 4.69) is 39.8 Å². The normalized spacial score (nSPS) is 19.4. The predicted molar refractivity (Wildman–Crippen MR) is 77.5 cm³/mol. The van der Waals surface area contributed by atoms with Crippen molar-refractivity contribution in [2.24, 2.45) is 5.92 Å². The monoisotopic (exact) mass is 267 g/mol. The zero-order chi connectivity index (χ0) is 13.8. The summed E-state index contributed by atoms with van der Waals surface area (Å²) in [5.41, 5.74) is 0.678. The summed E-state index contributed by atoms with van der Waals surface area (Å²) in [5, 5.41) is 0. The van der Waals surface area contributed by atoms with Crippen molar-refractivity contribution in [3.8, 4) is 0 Å². The lowest BCUT2D eigenvalue weighted by Gasteiger charge is -2.38. The second kappa shape index (κ2) is 6.24. The highest BCUT2D eigenvalue weighted by Gasteiger charge is 2.30. The van der Waals surface area contributed by atoms with Crippen LogP contribution in [0.15, 0.2) is 36.1 Å². The Bertz CT molecular complexity index is 393. The average molecular weight is 268 g/mol. The third-order valence-corrected chi connectivity index (χ3v) is 3.57. The van der Waals surface area contributed by atoms with Crippen molar-refractivity contribution in [2.45, 2.75) is 39.7 Å². The average Bonchev–Trinajstić information content (AvgIpc) is 2.54. The molecule has 0 aromatic heterocycles. The van der Waals surface area contributed by atoms with Crippen LogP contribution in [0.4, 0.5) is 0 Å². The first-order valence-corrected chi connectivity index (χ1v) is 6.91. The minimum Gasteiger partial charge on any atom is -0.306 e. The summed E-state index contributed by atoms with van der Waals surface area (Å²) in [5.74, 6) is 0.340. The zero-order valence-electron chi connectivity index (χ0n) is 11.6. The molecule has 0 radical (unpaired) electrons. The lowest BCUT2D eigenvalue weighted by molar-refractivity contribution is -0.130. The fourth-order valence-electron chi connectivity index (χ4n) is 1.90. The van der Waals surface area contributed by atoms with Gasteiger partial charge in [-0.3, -0.25) is 4.79 Å². The van der Waals surface area contributed by atoms with Crippen molar-refractivity contribution in [2.75, 3.05) is 5.88 Å². The number of hydrogen-bond donors (Lipinski definition) is 0. The van der Waals surface area contributed by atoms with Crippen molar-refractivity contribution < 1.29 is 4.79 Å². The highest BCUT2D eigenvalue weighted by Crippen LogP contribution is 2.26. The van der Waals surface area contributed by atoms with Crippen LogP contribution in [-0.4, -0.2) is 22.2 Å². The summed E-state index contributed by atoms with van der Waals surface area (Å²) in [6.07, 6.45) is 11.1. The molecule has 0 spiro atoms. The second-order valence-corrected chi connectivity index (χ2v) is 5.49. The molecular formula is C15H22ClNO. The molecule has 0 saturated heterocycles. The van der Waals surface area contributed by atoms with Crippen LogP contribution in [0, 0.1) is 5.92 Å².